The van der Waals surface area contributed by atoms with Gasteiger partial charge in [0.2, 0.25) is 5.95 Å². The highest BCUT2D eigenvalue weighted by molar-refractivity contribution is 5.38. The normalized spacial score (nSPS) is 13.9. The molecule has 0 radical (unpaired) electrons. The van der Waals surface area contributed by atoms with E-state index < -0.39 is 0 Å². The van der Waals surface area contributed by atoms with Gasteiger partial charge in [0.05, 0.1) is 0 Å². The Balaban J connectivity index is 2.19. The van der Waals surface area contributed by atoms with E-state index in [1.54, 1.807) is 0 Å². The topological polar surface area (TPSA) is 55.0 Å². The monoisotopic (exact) mass is 220 g/mol. The summed E-state index contributed by atoms with van der Waals surface area (Å²) in [6, 6.07) is 0. The second kappa shape index (κ2) is 4.78. The number of hydrogen-bond donors (Lipinski definition) is 1. The summed E-state index contributed by atoms with van der Waals surface area (Å²) in [5.41, 5.74) is 9.28. The molecule has 4 heteroatoms. The molecule has 1 aliphatic rings. The zero-order chi connectivity index (χ0) is 11.5. The van der Waals surface area contributed by atoms with Crippen molar-refractivity contribution >= 4 is 5.95 Å². The molecule has 0 atom stereocenters. The summed E-state index contributed by atoms with van der Waals surface area (Å²) in [4.78, 5) is 11.3. The van der Waals surface area contributed by atoms with Crippen LogP contribution in [0.25, 0.3) is 0 Å². The maximum Gasteiger partial charge on any atom is 0.225 e. The second-order valence-corrected chi connectivity index (χ2v) is 4.45. The lowest BCUT2D eigenvalue weighted by Crippen LogP contribution is -2.24. The SMILES string of the molecule is Cc1nc(N(C)CCCN)nc2c1CCC2. The van der Waals surface area contributed by atoms with Crippen LogP contribution in [0, 0.1) is 6.92 Å². The molecule has 0 amide bonds. The second-order valence-electron chi connectivity index (χ2n) is 4.45. The van der Waals surface area contributed by atoms with Crippen molar-refractivity contribution in [1.29, 1.82) is 0 Å². The Kier molecular flexibility index (Phi) is 3.39. The fraction of sp³-hybridized carbons (Fsp3) is 0.667. The first-order chi connectivity index (χ1) is 7.72. The largest absolute Gasteiger partial charge is 0.344 e. The van der Waals surface area contributed by atoms with Gasteiger partial charge in [0.15, 0.2) is 0 Å². The Morgan fingerprint density at radius 2 is 2.12 bits per heavy atom. The van der Waals surface area contributed by atoms with Gasteiger partial charge in [0.1, 0.15) is 0 Å². The predicted molar refractivity (Wildman–Crippen MR) is 65.7 cm³/mol. The van der Waals surface area contributed by atoms with Crippen molar-refractivity contribution in [2.75, 3.05) is 25.0 Å². The highest BCUT2D eigenvalue weighted by Crippen LogP contribution is 2.24. The molecule has 2 N–H and O–H groups in total. The molecule has 1 aromatic heterocycles. The lowest BCUT2D eigenvalue weighted by Gasteiger charge is -2.18. The minimum absolute atomic E-state index is 0.717. The van der Waals surface area contributed by atoms with E-state index >= 15 is 0 Å². The van der Waals surface area contributed by atoms with E-state index in [1.165, 1.54) is 17.7 Å². The Bertz CT molecular complexity index is 376. The number of rotatable bonds is 4. The number of nitrogens with zero attached hydrogens (tertiary/aromatic N) is 3. The van der Waals surface area contributed by atoms with Crippen molar-refractivity contribution in [3.63, 3.8) is 0 Å². The zero-order valence-electron chi connectivity index (χ0n) is 10.2. The van der Waals surface area contributed by atoms with Crippen molar-refractivity contribution in [1.82, 2.24) is 9.97 Å². The standard InChI is InChI=1S/C12H20N4/c1-9-10-5-3-6-11(10)15-12(14-9)16(2)8-4-7-13/h3-8,13H2,1-2H3. The minimum Gasteiger partial charge on any atom is -0.344 e. The van der Waals surface area contributed by atoms with Gasteiger partial charge in [-0.1, -0.05) is 0 Å². The van der Waals surface area contributed by atoms with Gasteiger partial charge in [0.25, 0.3) is 0 Å². The maximum absolute atomic E-state index is 5.51. The number of hydrogen-bond acceptors (Lipinski definition) is 4. The van der Waals surface area contributed by atoms with Gasteiger partial charge < -0.3 is 10.6 Å². The lowest BCUT2D eigenvalue weighted by molar-refractivity contribution is 0.768. The number of nitrogens with two attached hydrogens (primary N) is 1. The third kappa shape index (κ3) is 2.16. The maximum atomic E-state index is 5.51. The Morgan fingerprint density at radius 1 is 1.31 bits per heavy atom. The summed E-state index contributed by atoms with van der Waals surface area (Å²) >= 11 is 0. The number of aromatic nitrogens is 2. The van der Waals surface area contributed by atoms with E-state index in [0.717, 1.165) is 37.4 Å². The van der Waals surface area contributed by atoms with Crippen molar-refractivity contribution in [3.8, 4) is 0 Å². The zero-order valence-corrected chi connectivity index (χ0v) is 10.2. The molecule has 16 heavy (non-hydrogen) atoms. The predicted octanol–water partition coefficient (Wildman–Crippen LogP) is 1.06. The highest BCUT2D eigenvalue weighted by atomic mass is 15.2. The molecule has 0 aliphatic heterocycles. The van der Waals surface area contributed by atoms with Crippen LogP contribution in [0.3, 0.4) is 0 Å². The third-order valence-corrected chi connectivity index (χ3v) is 3.17. The van der Waals surface area contributed by atoms with Crippen LogP contribution in [0.4, 0.5) is 5.95 Å². The Labute approximate surface area is 96.9 Å². The Morgan fingerprint density at radius 3 is 2.88 bits per heavy atom. The van der Waals surface area contributed by atoms with Crippen LogP contribution in [0.15, 0.2) is 0 Å². The van der Waals surface area contributed by atoms with Crippen LogP contribution in [-0.4, -0.2) is 30.1 Å². The molecule has 1 aliphatic carbocycles. The molecule has 0 fully saturated rings. The van der Waals surface area contributed by atoms with Crippen molar-refractivity contribution in [3.05, 3.63) is 17.0 Å². The van der Waals surface area contributed by atoms with E-state index in [4.69, 9.17) is 5.73 Å². The van der Waals surface area contributed by atoms with Gasteiger partial charge in [-0.25, -0.2) is 9.97 Å². The van der Waals surface area contributed by atoms with Crippen LogP contribution < -0.4 is 10.6 Å². The average Bonchev–Trinajstić information content (AvgIpc) is 2.74. The summed E-state index contributed by atoms with van der Waals surface area (Å²) in [5.74, 6) is 0.853. The van der Waals surface area contributed by atoms with Crippen LogP contribution in [0.1, 0.15) is 29.8 Å². The van der Waals surface area contributed by atoms with Gasteiger partial charge >= 0.3 is 0 Å². The summed E-state index contributed by atoms with van der Waals surface area (Å²) in [7, 11) is 2.03. The molecule has 1 aromatic rings. The van der Waals surface area contributed by atoms with E-state index in [-0.39, 0.29) is 0 Å². The molecule has 0 unspecified atom stereocenters. The molecule has 1 heterocycles. The summed E-state index contributed by atoms with van der Waals surface area (Å²) in [5, 5.41) is 0. The van der Waals surface area contributed by atoms with Gasteiger partial charge in [-0.15, -0.1) is 0 Å². The summed E-state index contributed by atoms with van der Waals surface area (Å²) in [6.07, 6.45) is 4.46. The van der Waals surface area contributed by atoms with Crippen LogP contribution in [-0.2, 0) is 12.8 Å². The molecule has 0 bridgehead atoms. The minimum atomic E-state index is 0.717. The van der Waals surface area contributed by atoms with E-state index in [9.17, 15) is 0 Å². The quantitative estimate of drug-likeness (QED) is 0.824. The van der Waals surface area contributed by atoms with Crippen LogP contribution in [0.2, 0.25) is 0 Å². The molecular weight excluding hydrogens is 200 g/mol. The van der Waals surface area contributed by atoms with Crippen molar-refractivity contribution in [2.45, 2.75) is 32.6 Å². The first kappa shape index (κ1) is 11.3. The van der Waals surface area contributed by atoms with Crippen molar-refractivity contribution < 1.29 is 0 Å². The van der Waals surface area contributed by atoms with Gasteiger partial charge in [0, 0.05) is 25.0 Å². The molecule has 0 spiro atoms. The fourth-order valence-electron chi connectivity index (χ4n) is 2.20. The molecule has 0 saturated heterocycles. The number of aryl methyl sites for hydroxylation is 2. The lowest BCUT2D eigenvalue weighted by atomic mass is 10.2. The average molecular weight is 220 g/mol. The third-order valence-electron chi connectivity index (χ3n) is 3.17. The van der Waals surface area contributed by atoms with E-state index in [0.29, 0.717) is 6.54 Å². The molecule has 0 saturated carbocycles. The summed E-state index contributed by atoms with van der Waals surface area (Å²) in [6.45, 7) is 3.73. The molecule has 2 rings (SSSR count). The smallest absolute Gasteiger partial charge is 0.225 e. The van der Waals surface area contributed by atoms with E-state index in [1.807, 2.05) is 7.05 Å². The first-order valence-corrected chi connectivity index (χ1v) is 6.00. The van der Waals surface area contributed by atoms with Crippen LogP contribution >= 0.6 is 0 Å². The van der Waals surface area contributed by atoms with Gasteiger partial charge in [-0.2, -0.15) is 0 Å². The first-order valence-electron chi connectivity index (χ1n) is 6.00. The summed E-state index contributed by atoms with van der Waals surface area (Å²) < 4.78 is 0. The molecule has 4 nitrogen and oxygen atoms in total. The van der Waals surface area contributed by atoms with Gasteiger partial charge in [-0.3, -0.25) is 0 Å². The van der Waals surface area contributed by atoms with Gasteiger partial charge in [-0.05, 0) is 44.7 Å². The van der Waals surface area contributed by atoms with E-state index in [2.05, 4.69) is 21.8 Å². The molecule has 88 valence electrons. The van der Waals surface area contributed by atoms with Crippen LogP contribution in [0.5, 0.6) is 0 Å². The number of fused-ring (bicyclic) bond motifs is 1. The fourth-order valence-corrected chi connectivity index (χ4v) is 2.20. The highest BCUT2D eigenvalue weighted by Gasteiger charge is 2.18. The Hall–Kier alpha value is -1.16. The van der Waals surface area contributed by atoms with Crippen molar-refractivity contribution in [2.24, 2.45) is 5.73 Å². The molecule has 0 aromatic carbocycles. The number of anilines is 1. The molecular formula is C12H20N4.